The van der Waals surface area contributed by atoms with Crippen molar-refractivity contribution in [2.45, 2.75) is 89.9 Å². The SMILES string of the molecule is C=CCCc1ccc2cc(CCc3ccc(C4CCC(CCCCC)CC4)cc3)ccc2c1. The predicted octanol–water partition coefficient (Wildman–Crippen LogP) is 9.60. The van der Waals surface area contributed by atoms with Gasteiger partial charge in [-0.2, -0.15) is 0 Å². The first-order chi connectivity index (χ1) is 16.2. The molecule has 1 aliphatic rings. The third-order valence-corrected chi connectivity index (χ3v) is 7.82. The molecule has 1 saturated carbocycles. The second-order valence-corrected chi connectivity index (χ2v) is 10.3. The molecule has 0 nitrogen and oxygen atoms in total. The minimum Gasteiger partial charge on any atom is -0.103 e. The monoisotopic (exact) mass is 438 g/mol. The van der Waals surface area contributed by atoms with Crippen LogP contribution in [-0.4, -0.2) is 0 Å². The van der Waals surface area contributed by atoms with Crippen LogP contribution in [-0.2, 0) is 19.3 Å². The van der Waals surface area contributed by atoms with Crippen molar-refractivity contribution in [2.75, 3.05) is 0 Å². The van der Waals surface area contributed by atoms with Gasteiger partial charge in [-0.3, -0.25) is 0 Å². The van der Waals surface area contributed by atoms with Crippen LogP contribution in [0.25, 0.3) is 10.8 Å². The van der Waals surface area contributed by atoms with E-state index in [2.05, 4.69) is 74.2 Å². The first-order valence-electron chi connectivity index (χ1n) is 13.5. The number of rotatable bonds is 11. The molecule has 174 valence electrons. The number of allylic oxidation sites excluding steroid dienone is 1. The van der Waals surface area contributed by atoms with Gasteiger partial charge in [-0.15, -0.1) is 6.58 Å². The molecule has 0 atom stereocenters. The molecule has 0 spiro atoms. The van der Waals surface area contributed by atoms with E-state index in [0.717, 1.165) is 37.5 Å². The Balaban J connectivity index is 1.28. The van der Waals surface area contributed by atoms with E-state index < -0.39 is 0 Å². The van der Waals surface area contributed by atoms with E-state index >= 15 is 0 Å². The molecule has 1 aliphatic carbocycles. The number of fused-ring (bicyclic) bond motifs is 1. The summed E-state index contributed by atoms with van der Waals surface area (Å²) in [6.45, 7) is 6.15. The fourth-order valence-corrected chi connectivity index (χ4v) is 5.64. The minimum absolute atomic E-state index is 0.790. The molecule has 0 aromatic heterocycles. The smallest absolute Gasteiger partial charge is 0.0162 e. The maximum atomic E-state index is 3.84. The van der Waals surface area contributed by atoms with Gasteiger partial charge in [-0.05, 0) is 96.2 Å². The Morgan fingerprint density at radius 1 is 0.727 bits per heavy atom. The van der Waals surface area contributed by atoms with Crippen molar-refractivity contribution in [3.8, 4) is 0 Å². The molecule has 0 unspecified atom stereocenters. The molecule has 0 saturated heterocycles. The lowest BCUT2D eigenvalue weighted by Gasteiger charge is -2.29. The Morgan fingerprint density at radius 2 is 1.33 bits per heavy atom. The molecule has 3 aromatic carbocycles. The minimum atomic E-state index is 0.790. The van der Waals surface area contributed by atoms with Gasteiger partial charge in [0.1, 0.15) is 0 Å². The van der Waals surface area contributed by atoms with Crippen LogP contribution in [0.3, 0.4) is 0 Å². The molecular formula is C33H42. The third-order valence-electron chi connectivity index (χ3n) is 7.82. The van der Waals surface area contributed by atoms with E-state index in [1.165, 1.54) is 78.8 Å². The molecule has 0 heterocycles. The molecule has 0 bridgehead atoms. The highest BCUT2D eigenvalue weighted by Crippen LogP contribution is 2.37. The van der Waals surface area contributed by atoms with Crippen LogP contribution in [0.5, 0.6) is 0 Å². The van der Waals surface area contributed by atoms with Crippen LogP contribution in [0.4, 0.5) is 0 Å². The van der Waals surface area contributed by atoms with Gasteiger partial charge < -0.3 is 0 Å². The molecule has 1 fully saturated rings. The molecular weight excluding hydrogens is 396 g/mol. The lowest BCUT2D eigenvalue weighted by Crippen LogP contribution is -2.13. The molecule has 3 aromatic rings. The van der Waals surface area contributed by atoms with Gasteiger partial charge in [0.2, 0.25) is 0 Å². The highest BCUT2D eigenvalue weighted by atomic mass is 14.3. The Bertz CT molecular complexity index is 1000. The maximum Gasteiger partial charge on any atom is -0.0162 e. The van der Waals surface area contributed by atoms with E-state index in [4.69, 9.17) is 0 Å². The van der Waals surface area contributed by atoms with E-state index in [1.807, 2.05) is 6.08 Å². The standard InChI is InChI=1S/C33H42/c1-3-5-7-9-26-12-18-30(19-13-26)31-20-14-27(15-21-31)10-11-29-17-23-32-24-28(8-6-4-2)16-22-33(32)25-29/h4,14-17,20-26,30H,2-3,5-13,18-19H2,1H3. The van der Waals surface area contributed by atoms with Crippen molar-refractivity contribution in [2.24, 2.45) is 5.92 Å². The maximum absolute atomic E-state index is 3.84. The van der Waals surface area contributed by atoms with Gasteiger partial charge in [0, 0.05) is 0 Å². The first-order valence-corrected chi connectivity index (χ1v) is 13.5. The quantitative estimate of drug-likeness (QED) is 0.206. The van der Waals surface area contributed by atoms with Crippen molar-refractivity contribution in [3.05, 3.63) is 95.6 Å². The van der Waals surface area contributed by atoms with E-state index in [1.54, 1.807) is 5.56 Å². The van der Waals surface area contributed by atoms with Crippen LogP contribution in [0.2, 0.25) is 0 Å². The highest BCUT2D eigenvalue weighted by molar-refractivity contribution is 5.83. The van der Waals surface area contributed by atoms with E-state index in [9.17, 15) is 0 Å². The number of hydrogen-bond donors (Lipinski definition) is 0. The summed E-state index contributed by atoms with van der Waals surface area (Å²) in [4.78, 5) is 0. The second kappa shape index (κ2) is 12.2. The Hall–Kier alpha value is -2.34. The van der Waals surface area contributed by atoms with Crippen LogP contribution < -0.4 is 0 Å². The summed E-state index contributed by atoms with van der Waals surface area (Å²) in [5.41, 5.74) is 5.88. The Morgan fingerprint density at radius 3 is 1.97 bits per heavy atom. The number of benzene rings is 3. The zero-order valence-electron chi connectivity index (χ0n) is 20.7. The van der Waals surface area contributed by atoms with Gasteiger partial charge >= 0.3 is 0 Å². The highest BCUT2D eigenvalue weighted by Gasteiger charge is 2.21. The van der Waals surface area contributed by atoms with E-state index in [-0.39, 0.29) is 0 Å². The molecule has 0 amide bonds. The predicted molar refractivity (Wildman–Crippen MR) is 145 cm³/mol. The summed E-state index contributed by atoms with van der Waals surface area (Å²) in [6.07, 6.45) is 17.7. The van der Waals surface area contributed by atoms with Crippen LogP contribution in [0.15, 0.2) is 73.3 Å². The van der Waals surface area contributed by atoms with E-state index in [0.29, 0.717) is 0 Å². The normalized spacial score (nSPS) is 18.5. The Kier molecular flexibility index (Phi) is 8.81. The van der Waals surface area contributed by atoms with Crippen molar-refractivity contribution >= 4 is 10.8 Å². The van der Waals surface area contributed by atoms with Crippen LogP contribution in [0.1, 0.15) is 92.9 Å². The first kappa shape index (κ1) is 23.8. The van der Waals surface area contributed by atoms with Gasteiger partial charge in [-0.1, -0.05) is 99.3 Å². The molecule has 0 radical (unpaired) electrons. The zero-order valence-corrected chi connectivity index (χ0v) is 20.7. The zero-order chi connectivity index (χ0) is 22.9. The van der Waals surface area contributed by atoms with Crippen LogP contribution >= 0.6 is 0 Å². The fraction of sp³-hybridized carbons (Fsp3) is 0.455. The van der Waals surface area contributed by atoms with Gasteiger partial charge in [0.15, 0.2) is 0 Å². The van der Waals surface area contributed by atoms with Crippen molar-refractivity contribution in [1.82, 2.24) is 0 Å². The average molecular weight is 439 g/mol. The number of aryl methyl sites for hydroxylation is 3. The summed E-state index contributed by atoms with van der Waals surface area (Å²) in [6, 6.07) is 23.5. The van der Waals surface area contributed by atoms with Gasteiger partial charge in [-0.25, -0.2) is 0 Å². The van der Waals surface area contributed by atoms with Crippen molar-refractivity contribution in [3.63, 3.8) is 0 Å². The lowest BCUT2D eigenvalue weighted by molar-refractivity contribution is 0.303. The van der Waals surface area contributed by atoms with Crippen molar-refractivity contribution in [1.29, 1.82) is 0 Å². The lowest BCUT2D eigenvalue weighted by atomic mass is 9.77. The number of hydrogen-bond acceptors (Lipinski definition) is 0. The second-order valence-electron chi connectivity index (χ2n) is 10.3. The molecule has 33 heavy (non-hydrogen) atoms. The Labute approximate surface area is 202 Å². The summed E-state index contributed by atoms with van der Waals surface area (Å²) in [7, 11) is 0. The van der Waals surface area contributed by atoms with Gasteiger partial charge in [0.05, 0.1) is 0 Å². The van der Waals surface area contributed by atoms with Crippen molar-refractivity contribution < 1.29 is 0 Å². The summed E-state index contributed by atoms with van der Waals surface area (Å²) >= 11 is 0. The molecule has 4 rings (SSSR count). The largest absolute Gasteiger partial charge is 0.103 e. The molecule has 0 aliphatic heterocycles. The summed E-state index contributed by atoms with van der Waals surface area (Å²) in [5, 5.41) is 2.71. The molecule has 0 N–H and O–H groups in total. The molecule has 0 heteroatoms. The average Bonchev–Trinajstić information content (AvgIpc) is 2.87. The fourth-order valence-electron chi connectivity index (χ4n) is 5.64. The topological polar surface area (TPSA) is 0 Å². The summed E-state index contributed by atoms with van der Waals surface area (Å²) in [5.74, 6) is 1.78. The van der Waals surface area contributed by atoms with Gasteiger partial charge in [0.25, 0.3) is 0 Å². The van der Waals surface area contributed by atoms with Crippen LogP contribution in [0, 0.1) is 5.92 Å². The summed E-state index contributed by atoms with van der Waals surface area (Å²) < 4.78 is 0. The third kappa shape index (κ3) is 6.83. The number of unbranched alkanes of at least 4 members (excludes halogenated alkanes) is 2.